The van der Waals surface area contributed by atoms with E-state index in [0.29, 0.717) is 11.4 Å². The molecule has 1 heterocycles. The van der Waals surface area contributed by atoms with Crippen molar-refractivity contribution in [3.8, 4) is 5.75 Å². The fraction of sp³-hybridized carbons (Fsp3) is 0.0769. The maximum atomic E-state index is 11.8. The molecule has 2 aromatic rings. The molecule has 5 heteroatoms. The number of carbonyl (C=O) groups excluding carboxylic acids is 1. The monoisotopic (exact) mass is 354 g/mol. The first kappa shape index (κ1) is 12.8. The normalized spacial score (nSPS) is 10.1. The zero-order chi connectivity index (χ0) is 13.0. The van der Waals surface area contributed by atoms with Gasteiger partial charge in [-0.3, -0.25) is 4.79 Å². The second kappa shape index (κ2) is 5.81. The minimum absolute atomic E-state index is 0.125. The summed E-state index contributed by atoms with van der Waals surface area (Å²) in [5.74, 6) is 0.435. The number of amides is 1. The average Bonchev–Trinajstić information content (AvgIpc) is 2.35. The van der Waals surface area contributed by atoms with Crippen LogP contribution in [0.25, 0.3) is 0 Å². The number of phenolic OH excluding ortho intramolecular Hbond substituents is 1. The van der Waals surface area contributed by atoms with E-state index in [4.69, 9.17) is 0 Å². The minimum atomic E-state index is -0.204. The molecule has 2 N–H and O–H groups in total. The predicted octanol–water partition coefficient (Wildman–Crippen LogP) is 2.57. The SMILES string of the molecule is O=C(Cc1ccccc1O)Nc1ccc(I)cn1. The van der Waals surface area contributed by atoms with Gasteiger partial charge in [0.05, 0.1) is 6.42 Å². The van der Waals surface area contributed by atoms with Crippen molar-refractivity contribution in [3.63, 3.8) is 0 Å². The van der Waals surface area contributed by atoms with Crippen molar-refractivity contribution in [2.45, 2.75) is 6.42 Å². The smallest absolute Gasteiger partial charge is 0.230 e. The molecule has 1 aromatic heterocycles. The number of para-hydroxylation sites is 1. The van der Waals surface area contributed by atoms with E-state index < -0.39 is 0 Å². The second-order valence-electron chi connectivity index (χ2n) is 3.72. The topological polar surface area (TPSA) is 62.2 Å². The van der Waals surface area contributed by atoms with Crippen LogP contribution in [0.5, 0.6) is 5.75 Å². The van der Waals surface area contributed by atoms with Crippen LogP contribution in [-0.2, 0) is 11.2 Å². The van der Waals surface area contributed by atoms with Crippen molar-refractivity contribution in [2.75, 3.05) is 5.32 Å². The Bertz CT molecular complexity index is 555. The van der Waals surface area contributed by atoms with Gasteiger partial charge in [-0.1, -0.05) is 18.2 Å². The van der Waals surface area contributed by atoms with E-state index in [1.54, 1.807) is 36.5 Å². The van der Waals surface area contributed by atoms with E-state index >= 15 is 0 Å². The number of pyridine rings is 1. The summed E-state index contributed by atoms with van der Waals surface area (Å²) in [7, 11) is 0. The highest BCUT2D eigenvalue weighted by Gasteiger charge is 2.07. The number of nitrogens with zero attached hydrogens (tertiary/aromatic N) is 1. The summed E-state index contributed by atoms with van der Waals surface area (Å²) in [5, 5.41) is 12.2. The molecule has 1 amide bonds. The fourth-order valence-electron chi connectivity index (χ4n) is 1.47. The molecule has 92 valence electrons. The highest BCUT2D eigenvalue weighted by Crippen LogP contribution is 2.16. The number of hydrogen-bond donors (Lipinski definition) is 2. The zero-order valence-electron chi connectivity index (χ0n) is 9.43. The molecule has 0 saturated carbocycles. The summed E-state index contributed by atoms with van der Waals surface area (Å²) >= 11 is 2.14. The van der Waals surface area contributed by atoms with Crippen LogP contribution in [0.2, 0.25) is 0 Å². The van der Waals surface area contributed by atoms with Gasteiger partial charge < -0.3 is 10.4 Å². The van der Waals surface area contributed by atoms with Gasteiger partial charge in [0.2, 0.25) is 5.91 Å². The Kier molecular flexibility index (Phi) is 4.14. The molecule has 2 rings (SSSR count). The van der Waals surface area contributed by atoms with E-state index in [9.17, 15) is 9.90 Å². The van der Waals surface area contributed by atoms with Crippen LogP contribution in [0, 0.1) is 3.57 Å². The van der Waals surface area contributed by atoms with Gasteiger partial charge in [0, 0.05) is 15.3 Å². The molecular formula is C13H11IN2O2. The van der Waals surface area contributed by atoms with Crippen LogP contribution >= 0.6 is 22.6 Å². The van der Waals surface area contributed by atoms with Crippen molar-refractivity contribution >= 4 is 34.3 Å². The number of rotatable bonds is 3. The lowest BCUT2D eigenvalue weighted by molar-refractivity contribution is -0.115. The number of anilines is 1. The minimum Gasteiger partial charge on any atom is -0.508 e. The second-order valence-corrected chi connectivity index (χ2v) is 4.96. The molecule has 18 heavy (non-hydrogen) atoms. The molecule has 4 nitrogen and oxygen atoms in total. The Labute approximate surface area is 118 Å². The summed E-state index contributed by atoms with van der Waals surface area (Å²) in [5.41, 5.74) is 0.598. The summed E-state index contributed by atoms with van der Waals surface area (Å²) in [6.45, 7) is 0. The number of halogens is 1. The Hall–Kier alpha value is -1.63. The van der Waals surface area contributed by atoms with Gasteiger partial charge >= 0.3 is 0 Å². The van der Waals surface area contributed by atoms with E-state index in [-0.39, 0.29) is 18.1 Å². The van der Waals surface area contributed by atoms with Crippen LogP contribution in [-0.4, -0.2) is 16.0 Å². The third-order valence-electron chi connectivity index (χ3n) is 2.34. The van der Waals surface area contributed by atoms with Crippen LogP contribution in [0.15, 0.2) is 42.6 Å². The van der Waals surface area contributed by atoms with Crippen LogP contribution in [0.3, 0.4) is 0 Å². The standard InChI is InChI=1S/C13H11IN2O2/c14-10-5-6-12(15-8-10)16-13(18)7-9-3-1-2-4-11(9)17/h1-6,8,17H,7H2,(H,15,16,18). The Morgan fingerprint density at radius 3 is 2.72 bits per heavy atom. The summed E-state index contributed by atoms with van der Waals surface area (Å²) in [6.07, 6.45) is 1.80. The molecule has 0 unspecified atom stereocenters. The molecule has 1 aromatic carbocycles. The van der Waals surface area contributed by atoms with Crippen molar-refractivity contribution in [1.29, 1.82) is 0 Å². The number of phenols is 1. The summed E-state index contributed by atoms with van der Waals surface area (Å²) < 4.78 is 1.01. The van der Waals surface area contributed by atoms with Crippen molar-refractivity contribution in [1.82, 2.24) is 4.98 Å². The fourth-order valence-corrected chi connectivity index (χ4v) is 1.79. The van der Waals surface area contributed by atoms with E-state index in [1.807, 2.05) is 6.07 Å². The number of aromatic nitrogens is 1. The molecule has 0 aliphatic rings. The van der Waals surface area contributed by atoms with Crippen LogP contribution < -0.4 is 5.32 Å². The Morgan fingerprint density at radius 1 is 1.28 bits per heavy atom. The van der Waals surface area contributed by atoms with E-state index in [2.05, 4.69) is 32.9 Å². The molecule has 0 radical (unpaired) electrons. The van der Waals surface area contributed by atoms with Gasteiger partial charge in [0.25, 0.3) is 0 Å². The first-order valence-electron chi connectivity index (χ1n) is 5.33. The highest BCUT2D eigenvalue weighted by molar-refractivity contribution is 14.1. The zero-order valence-corrected chi connectivity index (χ0v) is 11.6. The lowest BCUT2D eigenvalue weighted by atomic mass is 10.1. The van der Waals surface area contributed by atoms with E-state index in [0.717, 1.165) is 3.57 Å². The molecule has 0 aliphatic carbocycles. The lowest BCUT2D eigenvalue weighted by Crippen LogP contribution is -2.15. The Balaban J connectivity index is 2.01. The van der Waals surface area contributed by atoms with Gasteiger partial charge in [-0.05, 0) is 40.8 Å². The van der Waals surface area contributed by atoms with Gasteiger partial charge in [-0.15, -0.1) is 0 Å². The quantitative estimate of drug-likeness (QED) is 0.833. The van der Waals surface area contributed by atoms with Gasteiger partial charge in [-0.2, -0.15) is 0 Å². The van der Waals surface area contributed by atoms with Gasteiger partial charge in [0.15, 0.2) is 0 Å². The largest absolute Gasteiger partial charge is 0.508 e. The average molecular weight is 354 g/mol. The molecule has 0 aliphatic heterocycles. The first-order valence-corrected chi connectivity index (χ1v) is 6.41. The molecule has 0 saturated heterocycles. The van der Waals surface area contributed by atoms with Crippen molar-refractivity contribution in [3.05, 3.63) is 51.7 Å². The predicted molar refractivity (Wildman–Crippen MR) is 77.4 cm³/mol. The maximum Gasteiger partial charge on any atom is 0.230 e. The third-order valence-corrected chi connectivity index (χ3v) is 2.98. The first-order chi connectivity index (χ1) is 8.65. The lowest BCUT2D eigenvalue weighted by Gasteiger charge is -2.05. The van der Waals surface area contributed by atoms with Gasteiger partial charge in [0.1, 0.15) is 11.6 Å². The molecular weight excluding hydrogens is 343 g/mol. The van der Waals surface area contributed by atoms with Crippen molar-refractivity contribution in [2.24, 2.45) is 0 Å². The summed E-state index contributed by atoms with van der Waals surface area (Å²) in [4.78, 5) is 15.8. The summed E-state index contributed by atoms with van der Waals surface area (Å²) in [6, 6.07) is 10.4. The molecule has 0 bridgehead atoms. The van der Waals surface area contributed by atoms with Crippen LogP contribution in [0.4, 0.5) is 5.82 Å². The highest BCUT2D eigenvalue weighted by atomic mass is 127. The van der Waals surface area contributed by atoms with E-state index in [1.165, 1.54) is 0 Å². The van der Waals surface area contributed by atoms with Crippen molar-refractivity contribution < 1.29 is 9.90 Å². The number of aromatic hydroxyl groups is 1. The molecule has 0 spiro atoms. The number of carbonyl (C=O) groups is 1. The number of benzene rings is 1. The van der Waals surface area contributed by atoms with Gasteiger partial charge in [-0.25, -0.2) is 4.98 Å². The third kappa shape index (κ3) is 3.43. The van der Waals surface area contributed by atoms with Crippen LogP contribution in [0.1, 0.15) is 5.56 Å². The molecule has 0 fully saturated rings. The Morgan fingerprint density at radius 2 is 2.06 bits per heavy atom. The maximum absolute atomic E-state index is 11.8. The number of nitrogens with one attached hydrogen (secondary N) is 1. The number of hydrogen-bond acceptors (Lipinski definition) is 3. The molecule has 0 atom stereocenters.